The van der Waals surface area contributed by atoms with E-state index >= 15 is 0 Å². The third kappa shape index (κ3) is 4.02. The lowest BCUT2D eigenvalue weighted by atomic mass is 10.1. The SMILES string of the molecule is COc1ccc(-c2cc3ccccc3n2C[C@@H](O)CNCCO)cc1. The number of aromatic nitrogens is 1. The molecule has 0 radical (unpaired) electrons. The molecule has 0 fully saturated rings. The predicted octanol–water partition coefficient (Wildman–Crippen LogP) is 2.26. The van der Waals surface area contributed by atoms with Gasteiger partial charge in [-0.15, -0.1) is 0 Å². The molecule has 0 saturated heterocycles. The normalized spacial score (nSPS) is 12.4. The number of ether oxygens (including phenoxy) is 1. The van der Waals surface area contributed by atoms with Crippen molar-refractivity contribution in [2.45, 2.75) is 12.6 Å². The lowest BCUT2D eigenvalue weighted by Gasteiger charge is -2.16. The molecule has 1 heterocycles. The summed E-state index contributed by atoms with van der Waals surface area (Å²) in [6, 6.07) is 18.3. The first-order valence-electron chi connectivity index (χ1n) is 8.45. The van der Waals surface area contributed by atoms with E-state index in [4.69, 9.17) is 9.84 Å². The minimum atomic E-state index is -0.542. The van der Waals surface area contributed by atoms with Crippen molar-refractivity contribution < 1.29 is 14.9 Å². The van der Waals surface area contributed by atoms with Crippen LogP contribution in [0, 0.1) is 0 Å². The smallest absolute Gasteiger partial charge is 0.118 e. The number of methoxy groups -OCH3 is 1. The minimum Gasteiger partial charge on any atom is -0.497 e. The van der Waals surface area contributed by atoms with Crippen LogP contribution in [0.3, 0.4) is 0 Å². The van der Waals surface area contributed by atoms with Gasteiger partial charge in [0.05, 0.1) is 26.4 Å². The predicted molar refractivity (Wildman–Crippen MR) is 99.9 cm³/mol. The first-order valence-corrected chi connectivity index (χ1v) is 8.45. The number of rotatable bonds is 8. The van der Waals surface area contributed by atoms with Gasteiger partial charge in [0.1, 0.15) is 5.75 Å². The Balaban J connectivity index is 1.93. The van der Waals surface area contributed by atoms with Gasteiger partial charge in [0.15, 0.2) is 0 Å². The molecule has 0 aliphatic carbocycles. The van der Waals surface area contributed by atoms with Crippen molar-refractivity contribution >= 4 is 10.9 Å². The van der Waals surface area contributed by atoms with Crippen LogP contribution in [0.2, 0.25) is 0 Å². The standard InChI is InChI=1S/C20H24N2O3/c1-25-18-8-6-15(7-9-18)20-12-16-4-2-3-5-19(16)22(20)14-17(24)13-21-10-11-23/h2-9,12,17,21,23-24H,10-11,13-14H2,1H3/t17-/m0/s1. The summed E-state index contributed by atoms with van der Waals surface area (Å²) in [7, 11) is 1.65. The van der Waals surface area contributed by atoms with Gasteiger partial charge in [-0.3, -0.25) is 0 Å². The third-order valence-electron chi connectivity index (χ3n) is 4.26. The van der Waals surface area contributed by atoms with Gasteiger partial charge in [-0.1, -0.05) is 18.2 Å². The van der Waals surface area contributed by atoms with Gasteiger partial charge in [-0.05, 0) is 42.0 Å². The van der Waals surface area contributed by atoms with Crippen LogP contribution in [-0.4, -0.2) is 47.7 Å². The van der Waals surface area contributed by atoms with Crippen LogP contribution in [0.1, 0.15) is 0 Å². The van der Waals surface area contributed by atoms with Crippen LogP contribution in [0.5, 0.6) is 5.75 Å². The molecule has 1 atom stereocenters. The second-order valence-corrected chi connectivity index (χ2v) is 6.01. The van der Waals surface area contributed by atoms with Gasteiger partial charge in [0.2, 0.25) is 0 Å². The van der Waals surface area contributed by atoms with E-state index in [-0.39, 0.29) is 6.61 Å². The maximum atomic E-state index is 10.4. The highest BCUT2D eigenvalue weighted by Crippen LogP contribution is 2.29. The van der Waals surface area contributed by atoms with E-state index < -0.39 is 6.10 Å². The summed E-state index contributed by atoms with van der Waals surface area (Å²) in [6.07, 6.45) is -0.542. The Hall–Kier alpha value is -2.34. The molecule has 3 N–H and O–H groups in total. The lowest BCUT2D eigenvalue weighted by Crippen LogP contribution is -2.32. The van der Waals surface area contributed by atoms with Gasteiger partial charge < -0.3 is 24.8 Å². The second kappa shape index (κ2) is 8.16. The molecule has 132 valence electrons. The molecular weight excluding hydrogens is 316 g/mol. The third-order valence-corrected chi connectivity index (χ3v) is 4.26. The van der Waals surface area contributed by atoms with Crippen LogP contribution >= 0.6 is 0 Å². The fourth-order valence-electron chi connectivity index (χ4n) is 3.03. The Morgan fingerprint density at radius 1 is 1.12 bits per heavy atom. The molecule has 25 heavy (non-hydrogen) atoms. The number of hydrogen-bond acceptors (Lipinski definition) is 4. The zero-order valence-electron chi connectivity index (χ0n) is 14.4. The van der Waals surface area contributed by atoms with Crippen LogP contribution in [0.4, 0.5) is 0 Å². The van der Waals surface area contributed by atoms with E-state index in [1.54, 1.807) is 7.11 Å². The molecule has 0 aliphatic heterocycles. The molecule has 2 aromatic carbocycles. The molecular formula is C20H24N2O3. The maximum Gasteiger partial charge on any atom is 0.118 e. The summed E-state index contributed by atoms with van der Waals surface area (Å²) in [5.74, 6) is 0.819. The van der Waals surface area contributed by atoms with Crippen LogP contribution in [0.25, 0.3) is 22.2 Å². The summed E-state index contributed by atoms with van der Waals surface area (Å²) < 4.78 is 7.38. The molecule has 5 heteroatoms. The minimum absolute atomic E-state index is 0.0657. The van der Waals surface area contributed by atoms with E-state index in [1.165, 1.54) is 0 Å². The van der Waals surface area contributed by atoms with E-state index in [0.717, 1.165) is 27.9 Å². The second-order valence-electron chi connectivity index (χ2n) is 6.01. The molecule has 3 aromatic rings. The van der Waals surface area contributed by atoms with Crippen molar-refractivity contribution in [1.82, 2.24) is 9.88 Å². The summed E-state index contributed by atoms with van der Waals surface area (Å²) in [4.78, 5) is 0. The molecule has 5 nitrogen and oxygen atoms in total. The monoisotopic (exact) mass is 340 g/mol. The number of nitrogens with zero attached hydrogens (tertiary/aromatic N) is 1. The van der Waals surface area contributed by atoms with Crippen molar-refractivity contribution in [3.8, 4) is 17.0 Å². The van der Waals surface area contributed by atoms with E-state index in [0.29, 0.717) is 19.6 Å². The fourth-order valence-corrected chi connectivity index (χ4v) is 3.03. The van der Waals surface area contributed by atoms with Crippen LogP contribution < -0.4 is 10.1 Å². The molecule has 0 saturated carbocycles. The van der Waals surface area contributed by atoms with E-state index in [2.05, 4.69) is 28.1 Å². The summed E-state index contributed by atoms with van der Waals surface area (Å²) in [5.41, 5.74) is 3.23. The van der Waals surface area contributed by atoms with Crippen molar-refractivity contribution in [2.75, 3.05) is 26.8 Å². The van der Waals surface area contributed by atoms with Gasteiger partial charge in [0.25, 0.3) is 0 Å². The quantitative estimate of drug-likeness (QED) is 0.550. The Kier molecular flexibility index (Phi) is 5.71. The number of hydrogen-bond donors (Lipinski definition) is 3. The number of benzene rings is 2. The zero-order chi connectivity index (χ0) is 17.6. The highest BCUT2D eigenvalue weighted by Gasteiger charge is 2.14. The Bertz CT molecular complexity index is 811. The average Bonchev–Trinajstić information content (AvgIpc) is 3.00. The van der Waals surface area contributed by atoms with Crippen molar-refractivity contribution in [2.24, 2.45) is 0 Å². The van der Waals surface area contributed by atoms with Crippen molar-refractivity contribution in [1.29, 1.82) is 0 Å². The molecule has 0 amide bonds. The topological polar surface area (TPSA) is 66.7 Å². The lowest BCUT2D eigenvalue weighted by molar-refractivity contribution is 0.150. The first kappa shape index (κ1) is 17.5. The Morgan fingerprint density at radius 3 is 2.60 bits per heavy atom. The summed E-state index contributed by atoms with van der Waals surface area (Å²) in [6.45, 7) is 1.47. The number of fused-ring (bicyclic) bond motifs is 1. The average molecular weight is 340 g/mol. The molecule has 3 rings (SSSR count). The first-order chi connectivity index (χ1) is 12.2. The Labute approximate surface area is 147 Å². The van der Waals surface area contributed by atoms with Crippen molar-refractivity contribution in [3.63, 3.8) is 0 Å². The van der Waals surface area contributed by atoms with Crippen LogP contribution in [-0.2, 0) is 6.54 Å². The van der Waals surface area contributed by atoms with Crippen molar-refractivity contribution in [3.05, 3.63) is 54.6 Å². The molecule has 0 bridgehead atoms. The van der Waals surface area contributed by atoms with Gasteiger partial charge in [-0.25, -0.2) is 0 Å². The largest absolute Gasteiger partial charge is 0.497 e. The number of para-hydroxylation sites is 1. The summed E-state index contributed by atoms with van der Waals surface area (Å²) >= 11 is 0. The van der Waals surface area contributed by atoms with E-state index in [9.17, 15) is 5.11 Å². The molecule has 0 unspecified atom stereocenters. The fraction of sp³-hybridized carbons (Fsp3) is 0.300. The molecule has 0 spiro atoms. The van der Waals surface area contributed by atoms with Crippen LogP contribution in [0.15, 0.2) is 54.6 Å². The molecule has 1 aromatic heterocycles. The molecule has 0 aliphatic rings. The number of aliphatic hydroxyl groups excluding tert-OH is 2. The van der Waals surface area contributed by atoms with Gasteiger partial charge >= 0.3 is 0 Å². The highest BCUT2D eigenvalue weighted by atomic mass is 16.5. The zero-order valence-corrected chi connectivity index (χ0v) is 14.4. The number of nitrogens with one attached hydrogen (secondary N) is 1. The van der Waals surface area contributed by atoms with Gasteiger partial charge in [-0.2, -0.15) is 0 Å². The van der Waals surface area contributed by atoms with E-state index in [1.807, 2.05) is 36.4 Å². The summed E-state index contributed by atoms with van der Waals surface area (Å²) in [5, 5.41) is 23.4. The highest BCUT2D eigenvalue weighted by molar-refractivity contribution is 5.87. The number of aliphatic hydroxyl groups is 2. The Morgan fingerprint density at radius 2 is 1.88 bits per heavy atom. The maximum absolute atomic E-state index is 10.4. The van der Waals surface area contributed by atoms with Gasteiger partial charge in [0, 0.05) is 29.7 Å².